The van der Waals surface area contributed by atoms with Gasteiger partial charge in [0.15, 0.2) is 11.6 Å². The summed E-state index contributed by atoms with van der Waals surface area (Å²) in [6, 6.07) is 8.37. The van der Waals surface area contributed by atoms with E-state index in [2.05, 4.69) is 17.3 Å². The first-order chi connectivity index (χ1) is 17.3. The molecule has 0 bridgehead atoms. The van der Waals surface area contributed by atoms with Crippen LogP contribution in [0.1, 0.15) is 64.7 Å². The van der Waals surface area contributed by atoms with Crippen molar-refractivity contribution < 1.29 is 23.5 Å². The molecule has 0 atom stereocenters. The van der Waals surface area contributed by atoms with Crippen LogP contribution in [0.25, 0.3) is 6.08 Å². The van der Waals surface area contributed by atoms with Crippen molar-refractivity contribution in [3.05, 3.63) is 69.5 Å². The number of ketones is 2. The molecule has 1 saturated carbocycles. The largest absolute Gasteiger partial charge is 0.465 e. The molecule has 1 N–H and O–H groups in total. The maximum atomic E-state index is 14.1. The fraction of sp³-hybridized carbons (Fsp3) is 0.414. The number of fused-ring (bicyclic) bond motifs is 1. The van der Waals surface area contributed by atoms with Crippen molar-refractivity contribution >= 4 is 29.3 Å². The molecular weight excluding hydrogens is 459 g/mol. The Morgan fingerprint density at radius 1 is 1.11 bits per heavy atom. The molecule has 2 aromatic carbocycles. The van der Waals surface area contributed by atoms with Crippen LogP contribution in [-0.4, -0.2) is 49.7 Å². The highest BCUT2D eigenvalue weighted by atomic mass is 19.1. The Kier molecular flexibility index (Phi) is 7.99. The first-order valence-electron chi connectivity index (χ1n) is 12.5. The van der Waals surface area contributed by atoms with Crippen LogP contribution in [-0.2, 0) is 33.7 Å². The van der Waals surface area contributed by atoms with Crippen LogP contribution in [0.15, 0.2) is 35.9 Å². The number of carbonyl (C=O) groups excluding carboxylic acids is 3. The van der Waals surface area contributed by atoms with E-state index in [0.717, 1.165) is 24.0 Å². The third kappa shape index (κ3) is 5.57. The predicted octanol–water partition coefficient (Wildman–Crippen LogP) is 4.74. The van der Waals surface area contributed by atoms with Gasteiger partial charge in [0.2, 0.25) is 0 Å². The van der Waals surface area contributed by atoms with Crippen LogP contribution in [0.5, 0.6) is 0 Å². The summed E-state index contributed by atoms with van der Waals surface area (Å²) in [4.78, 5) is 40.7. The van der Waals surface area contributed by atoms with Crippen molar-refractivity contribution in [2.45, 2.75) is 57.5 Å². The lowest BCUT2D eigenvalue weighted by atomic mass is 9.86. The van der Waals surface area contributed by atoms with Crippen LogP contribution >= 0.6 is 0 Å². The van der Waals surface area contributed by atoms with E-state index in [-0.39, 0.29) is 30.0 Å². The molecule has 2 aliphatic rings. The molecule has 4 rings (SSSR count). The van der Waals surface area contributed by atoms with Gasteiger partial charge in [-0.15, -0.1) is 0 Å². The van der Waals surface area contributed by atoms with E-state index in [4.69, 9.17) is 4.74 Å². The zero-order chi connectivity index (χ0) is 25.8. The second-order valence-corrected chi connectivity index (χ2v) is 9.71. The molecule has 2 aliphatic carbocycles. The van der Waals surface area contributed by atoms with Crippen LogP contribution < -0.4 is 5.32 Å². The lowest BCUT2D eigenvalue weighted by Gasteiger charge is -2.31. The normalized spacial score (nSPS) is 15.9. The average molecular weight is 493 g/mol. The Morgan fingerprint density at radius 3 is 2.56 bits per heavy atom. The summed E-state index contributed by atoms with van der Waals surface area (Å²) in [5.74, 6) is -1.45. The monoisotopic (exact) mass is 492 g/mol. The van der Waals surface area contributed by atoms with E-state index < -0.39 is 11.8 Å². The van der Waals surface area contributed by atoms with Gasteiger partial charge in [-0.05, 0) is 72.5 Å². The van der Waals surface area contributed by atoms with Gasteiger partial charge in [0.1, 0.15) is 5.82 Å². The number of ether oxygens (including phenoxy) is 1. The fourth-order valence-electron chi connectivity index (χ4n) is 5.31. The van der Waals surface area contributed by atoms with Crippen molar-refractivity contribution in [1.29, 1.82) is 0 Å². The molecule has 7 heteroatoms. The number of hydrogen-bond acceptors (Lipinski definition) is 6. The van der Waals surface area contributed by atoms with Crippen LogP contribution in [0, 0.1) is 5.82 Å². The maximum Gasteiger partial charge on any atom is 0.337 e. The van der Waals surface area contributed by atoms with Gasteiger partial charge < -0.3 is 10.1 Å². The zero-order valence-corrected chi connectivity index (χ0v) is 21.2. The zero-order valence-electron chi connectivity index (χ0n) is 21.2. The van der Waals surface area contributed by atoms with Gasteiger partial charge in [-0.25, -0.2) is 9.18 Å². The molecule has 0 spiro atoms. The summed E-state index contributed by atoms with van der Waals surface area (Å²) < 4.78 is 19.0. The number of Topliss-reactive ketones (excluding diaryl/α,β-unsaturated/α-hetero) is 2. The summed E-state index contributed by atoms with van der Waals surface area (Å²) >= 11 is 0. The topological polar surface area (TPSA) is 75.7 Å². The van der Waals surface area contributed by atoms with Gasteiger partial charge in [0.05, 0.1) is 18.2 Å². The second kappa shape index (κ2) is 11.2. The van der Waals surface area contributed by atoms with E-state index in [1.807, 2.05) is 0 Å². The number of benzene rings is 2. The number of esters is 1. The van der Waals surface area contributed by atoms with Gasteiger partial charge in [0, 0.05) is 38.2 Å². The first-order valence-corrected chi connectivity index (χ1v) is 12.5. The summed E-state index contributed by atoms with van der Waals surface area (Å²) in [6.45, 7) is 0.588. The minimum absolute atomic E-state index is 0.0242. The molecule has 6 nitrogen and oxygen atoms in total. The summed E-state index contributed by atoms with van der Waals surface area (Å²) in [5, 5.41) is 2.92. The highest BCUT2D eigenvalue weighted by Crippen LogP contribution is 2.31. The van der Waals surface area contributed by atoms with E-state index in [0.29, 0.717) is 35.0 Å². The molecule has 0 radical (unpaired) electrons. The Hall–Kier alpha value is -3.32. The van der Waals surface area contributed by atoms with Crippen molar-refractivity contribution in [3.63, 3.8) is 0 Å². The Labute approximate surface area is 211 Å². The van der Waals surface area contributed by atoms with Crippen molar-refractivity contribution in [3.8, 4) is 0 Å². The number of halogens is 1. The van der Waals surface area contributed by atoms with E-state index >= 15 is 0 Å². The second-order valence-electron chi connectivity index (χ2n) is 9.71. The number of allylic oxidation sites excluding steroid dienone is 1. The van der Waals surface area contributed by atoms with Crippen molar-refractivity contribution in [2.24, 2.45) is 0 Å². The molecule has 2 aromatic rings. The number of methoxy groups -OCH3 is 1. The van der Waals surface area contributed by atoms with Gasteiger partial charge >= 0.3 is 5.97 Å². The Bertz CT molecular complexity index is 1210. The van der Waals surface area contributed by atoms with E-state index in [1.54, 1.807) is 25.2 Å². The average Bonchev–Trinajstić information content (AvgIpc) is 2.89. The third-order valence-electron chi connectivity index (χ3n) is 7.35. The smallest absolute Gasteiger partial charge is 0.337 e. The third-order valence-corrected chi connectivity index (χ3v) is 7.35. The molecule has 190 valence electrons. The lowest BCUT2D eigenvalue weighted by Crippen LogP contribution is -2.33. The highest BCUT2D eigenvalue weighted by Gasteiger charge is 2.27. The Balaban J connectivity index is 1.62. The van der Waals surface area contributed by atoms with Crippen molar-refractivity contribution in [1.82, 2.24) is 4.90 Å². The summed E-state index contributed by atoms with van der Waals surface area (Å²) in [7, 11) is 5.09. The molecule has 0 aromatic heterocycles. The molecule has 36 heavy (non-hydrogen) atoms. The minimum atomic E-state index is -0.432. The molecule has 0 amide bonds. The summed E-state index contributed by atoms with van der Waals surface area (Å²) in [6.07, 6.45) is 7.50. The van der Waals surface area contributed by atoms with Crippen LogP contribution in [0.4, 0.5) is 10.1 Å². The summed E-state index contributed by atoms with van der Waals surface area (Å²) in [5.41, 5.74) is 3.93. The van der Waals surface area contributed by atoms with Crippen molar-refractivity contribution in [2.75, 3.05) is 26.5 Å². The number of anilines is 1. The lowest BCUT2D eigenvalue weighted by molar-refractivity contribution is -0.120. The van der Waals surface area contributed by atoms with E-state index in [1.165, 1.54) is 44.6 Å². The van der Waals surface area contributed by atoms with Gasteiger partial charge in [-0.1, -0.05) is 25.3 Å². The highest BCUT2D eigenvalue weighted by molar-refractivity contribution is 6.25. The molecule has 0 heterocycles. The standard InChI is InChI=1S/C29H33FN2O4/c1-31-26-15-22(30)12-20-13-25(28(34)16-24(20)26)27(33)14-18-9-10-19(29(35)36-3)11-21(18)17-32(2)23-7-5-4-6-8-23/h9-13,15,23,31H,4-8,14,16-17H2,1-3H3. The molecule has 0 saturated heterocycles. The number of hydrogen-bond donors (Lipinski definition) is 1. The van der Waals surface area contributed by atoms with Gasteiger partial charge in [-0.3, -0.25) is 14.5 Å². The molecule has 1 fully saturated rings. The number of carbonyl (C=O) groups is 3. The minimum Gasteiger partial charge on any atom is -0.465 e. The Morgan fingerprint density at radius 2 is 1.86 bits per heavy atom. The quantitative estimate of drug-likeness (QED) is 0.424. The number of nitrogens with zero attached hydrogens (tertiary/aromatic N) is 1. The molecule has 0 unspecified atom stereocenters. The number of rotatable bonds is 8. The van der Waals surface area contributed by atoms with Gasteiger partial charge in [0.25, 0.3) is 0 Å². The first kappa shape index (κ1) is 25.8. The molecule has 0 aliphatic heterocycles. The predicted molar refractivity (Wildman–Crippen MR) is 137 cm³/mol. The maximum absolute atomic E-state index is 14.1. The SMILES string of the molecule is CNc1cc(F)cc2c1CC(=O)C(C(=O)Cc1ccc(C(=O)OC)cc1CN(C)C1CCCCC1)=C2. The fourth-order valence-corrected chi connectivity index (χ4v) is 5.31. The van der Waals surface area contributed by atoms with Gasteiger partial charge in [-0.2, -0.15) is 0 Å². The van der Waals surface area contributed by atoms with E-state index in [9.17, 15) is 18.8 Å². The molecular formula is C29H33FN2O4. The van der Waals surface area contributed by atoms with Crippen LogP contribution in [0.3, 0.4) is 0 Å². The number of nitrogens with one attached hydrogen (secondary N) is 1. The van der Waals surface area contributed by atoms with Crippen LogP contribution in [0.2, 0.25) is 0 Å².